The lowest BCUT2D eigenvalue weighted by Gasteiger charge is -2.19. The van der Waals surface area contributed by atoms with Gasteiger partial charge < -0.3 is 15.2 Å². The van der Waals surface area contributed by atoms with E-state index in [2.05, 4.69) is 52.2 Å². The van der Waals surface area contributed by atoms with Gasteiger partial charge in [0.1, 0.15) is 6.61 Å². The van der Waals surface area contributed by atoms with Gasteiger partial charge in [-0.3, -0.25) is 0 Å². The maximum Gasteiger partial charge on any atom is 0.407 e. The molecule has 0 aromatic heterocycles. The Morgan fingerprint density at radius 2 is 1.54 bits per heavy atom. The van der Waals surface area contributed by atoms with Gasteiger partial charge in [-0.05, 0) is 56.5 Å². The van der Waals surface area contributed by atoms with E-state index in [4.69, 9.17) is 4.74 Å². The Bertz CT molecular complexity index is 959. The van der Waals surface area contributed by atoms with Crippen molar-refractivity contribution in [1.29, 1.82) is 0 Å². The summed E-state index contributed by atoms with van der Waals surface area (Å²) < 4.78 is 6.55. The van der Waals surface area contributed by atoms with Crippen LogP contribution in [0.1, 0.15) is 28.7 Å². The number of amides is 1. The minimum Gasteiger partial charge on any atom is -0.449 e. The Morgan fingerprint density at radius 1 is 0.964 bits per heavy atom. The number of ether oxygens (including phenoxy) is 1. The van der Waals surface area contributed by atoms with Crippen molar-refractivity contribution < 1.29 is 14.6 Å². The van der Waals surface area contributed by atoms with Gasteiger partial charge in [0, 0.05) is 9.49 Å². The van der Waals surface area contributed by atoms with E-state index in [1.165, 1.54) is 22.3 Å². The van der Waals surface area contributed by atoms with Crippen LogP contribution in [0.3, 0.4) is 0 Å². The van der Waals surface area contributed by atoms with E-state index < -0.39 is 12.1 Å². The van der Waals surface area contributed by atoms with Crippen molar-refractivity contribution in [2.75, 3.05) is 13.2 Å². The summed E-state index contributed by atoms with van der Waals surface area (Å²) in [4.78, 5) is 12.4. The van der Waals surface area contributed by atoms with E-state index in [0.29, 0.717) is 0 Å². The number of nitrogens with one attached hydrogen (secondary N) is 1. The van der Waals surface area contributed by atoms with E-state index >= 15 is 0 Å². The molecule has 2 N–H and O–H groups in total. The van der Waals surface area contributed by atoms with E-state index in [0.717, 1.165) is 9.13 Å². The summed E-state index contributed by atoms with van der Waals surface area (Å²) in [6, 6.07) is 23.6. The molecule has 5 heteroatoms. The van der Waals surface area contributed by atoms with Crippen molar-refractivity contribution in [2.24, 2.45) is 0 Å². The molecule has 4 rings (SSSR count). The molecule has 3 aromatic carbocycles. The maximum absolute atomic E-state index is 12.4. The quantitative estimate of drug-likeness (QED) is 0.508. The molecule has 142 valence electrons. The zero-order chi connectivity index (χ0) is 19.5. The van der Waals surface area contributed by atoms with Gasteiger partial charge in [-0.1, -0.05) is 66.7 Å². The lowest BCUT2D eigenvalue weighted by Crippen LogP contribution is -2.32. The average molecular weight is 485 g/mol. The summed E-state index contributed by atoms with van der Waals surface area (Å²) in [6.45, 7) is 0.0636. The van der Waals surface area contributed by atoms with Crippen LogP contribution in [0, 0.1) is 3.57 Å². The van der Waals surface area contributed by atoms with Gasteiger partial charge in [0.15, 0.2) is 0 Å². The number of fused-ring (bicyclic) bond motifs is 3. The van der Waals surface area contributed by atoms with E-state index in [-0.39, 0.29) is 19.1 Å². The highest BCUT2D eigenvalue weighted by molar-refractivity contribution is 14.1. The summed E-state index contributed by atoms with van der Waals surface area (Å²) >= 11 is 2.20. The third-order valence-electron chi connectivity index (χ3n) is 5.10. The van der Waals surface area contributed by atoms with Crippen LogP contribution in [0.25, 0.3) is 11.1 Å². The van der Waals surface area contributed by atoms with Gasteiger partial charge in [-0.15, -0.1) is 0 Å². The molecule has 28 heavy (non-hydrogen) atoms. The molecule has 0 saturated carbocycles. The molecule has 0 saturated heterocycles. The van der Waals surface area contributed by atoms with Crippen molar-refractivity contribution in [3.63, 3.8) is 0 Å². The predicted octanol–water partition coefficient (Wildman–Crippen LogP) is 4.86. The van der Waals surface area contributed by atoms with Crippen molar-refractivity contribution >= 4 is 28.7 Å². The zero-order valence-electron chi connectivity index (χ0n) is 15.1. The number of hydrogen-bond donors (Lipinski definition) is 2. The first-order chi connectivity index (χ1) is 13.7. The first kappa shape index (κ1) is 19.0. The van der Waals surface area contributed by atoms with Gasteiger partial charge >= 0.3 is 6.09 Å². The number of benzene rings is 3. The fourth-order valence-corrected chi connectivity index (χ4v) is 4.53. The minimum atomic E-state index is -0.527. The minimum absolute atomic E-state index is 0.0163. The summed E-state index contributed by atoms with van der Waals surface area (Å²) in [7, 11) is 0. The second-order valence-electron chi connectivity index (χ2n) is 6.73. The number of rotatable bonds is 5. The first-order valence-electron chi connectivity index (χ1n) is 9.16. The summed E-state index contributed by atoms with van der Waals surface area (Å²) in [5, 5.41) is 12.5. The number of halogens is 1. The molecule has 0 bridgehead atoms. The lowest BCUT2D eigenvalue weighted by atomic mass is 9.98. The molecule has 1 atom stereocenters. The van der Waals surface area contributed by atoms with Gasteiger partial charge in [0.2, 0.25) is 0 Å². The number of carbonyl (C=O) groups excluding carboxylic acids is 1. The third kappa shape index (κ3) is 3.64. The van der Waals surface area contributed by atoms with E-state index in [9.17, 15) is 9.90 Å². The van der Waals surface area contributed by atoms with Crippen LogP contribution in [0.2, 0.25) is 0 Å². The Balaban J connectivity index is 1.47. The van der Waals surface area contributed by atoms with Crippen molar-refractivity contribution in [2.45, 2.75) is 12.0 Å². The molecule has 0 aliphatic heterocycles. The normalized spacial score (nSPS) is 13.5. The second-order valence-corrected chi connectivity index (χ2v) is 7.89. The number of carbonyl (C=O) groups is 1. The Morgan fingerprint density at radius 3 is 2.14 bits per heavy atom. The molecule has 1 aliphatic carbocycles. The molecule has 0 spiro atoms. The molecule has 4 nitrogen and oxygen atoms in total. The van der Waals surface area contributed by atoms with Gasteiger partial charge in [-0.2, -0.15) is 0 Å². The van der Waals surface area contributed by atoms with Crippen LogP contribution in [-0.4, -0.2) is 24.4 Å². The molecular weight excluding hydrogens is 465 g/mol. The molecule has 1 aliphatic rings. The fourth-order valence-electron chi connectivity index (χ4n) is 3.76. The SMILES string of the molecule is O=C(NC(CO)c1ccccc1I)OCC1c2ccccc2-c2ccccc21. The zero-order valence-corrected chi connectivity index (χ0v) is 17.3. The molecule has 1 amide bonds. The molecule has 0 heterocycles. The molecule has 1 unspecified atom stereocenters. The number of alkyl carbamates (subject to hydrolysis) is 1. The van der Waals surface area contributed by atoms with Crippen molar-refractivity contribution in [3.8, 4) is 11.1 Å². The average Bonchev–Trinajstić information content (AvgIpc) is 3.05. The highest BCUT2D eigenvalue weighted by Gasteiger charge is 2.29. The lowest BCUT2D eigenvalue weighted by molar-refractivity contribution is 0.132. The first-order valence-corrected chi connectivity index (χ1v) is 10.2. The Labute approximate surface area is 177 Å². The van der Waals surface area contributed by atoms with Crippen LogP contribution in [0.4, 0.5) is 4.79 Å². The monoisotopic (exact) mass is 485 g/mol. The molecule has 3 aromatic rings. The summed E-state index contributed by atoms with van der Waals surface area (Å²) in [5.74, 6) is 0.0163. The molecular formula is C23H20INO3. The molecule has 0 fully saturated rings. The van der Waals surface area contributed by atoms with Crippen LogP contribution >= 0.6 is 22.6 Å². The maximum atomic E-state index is 12.4. The van der Waals surface area contributed by atoms with Crippen molar-refractivity contribution in [3.05, 3.63) is 93.1 Å². The van der Waals surface area contributed by atoms with E-state index in [1.807, 2.05) is 48.5 Å². The summed E-state index contributed by atoms with van der Waals surface area (Å²) in [5.41, 5.74) is 5.61. The topological polar surface area (TPSA) is 58.6 Å². The smallest absolute Gasteiger partial charge is 0.407 e. The predicted molar refractivity (Wildman–Crippen MR) is 117 cm³/mol. The standard InChI is InChI=1S/C23H20INO3/c24-21-12-6-5-11-19(21)22(13-26)25-23(27)28-14-20-17-9-3-1-7-15(17)16-8-2-4-10-18(16)20/h1-12,20,22,26H,13-14H2,(H,25,27). The van der Waals surface area contributed by atoms with Crippen LogP contribution in [-0.2, 0) is 4.74 Å². The van der Waals surface area contributed by atoms with E-state index in [1.54, 1.807) is 0 Å². The summed E-state index contributed by atoms with van der Waals surface area (Å²) in [6.07, 6.45) is -0.527. The molecule has 0 radical (unpaired) electrons. The highest BCUT2D eigenvalue weighted by Crippen LogP contribution is 2.44. The number of aliphatic hydroxyl groups is 1. The van der Waals surface area contributed by atoms with Crippen molar-refractivity contribution in [1.82, 2.24) is 5.32 Å². The highest BCUT2D eigenvalue weighted by atomic mass is 127. The van der Waals surface area contributed by atoms with Crippen LogP contribution in [0.15, 0.2) is 72.8 Å². The largest absolute Gasteiger partial charge is 0.449 e. The second kappa shape index (κ2) is 8.32. The van der Waals surface area contributed by atoms with Gasteiger partial charge in [0.25, 0.3) is 0 Å². The number of aliphatic hydroxyl groups excluding tert-OH is 1. The Kier molecular flexibility index (Phi) is 5.64. The van der Waals surface area contributed by atoms with Gasteiger partial charge in [-0.25, -0.2) is 4.79 Å². The third-order valence-corrected chi connectivity index (χ3v) is 6.08. The van der Waals surface area contributed by atoms with Crippen LogP contribution in [0.5, 0.6) is 0 Å². The Hall–Kier alpha value is -2.38. The fraction of sp³-hybridized carbons (Fsp3) is 0.174. The van der Waals surface area contributed by atoms with Gasteiger partial charge in [0.05, 0.1) is 12.6 Å². The number of hydrogen-bond acceptors (Lipinski definition) is 3. The van der Waals surface area contributed by atoms with Crippen LogP contribution < -0.4 is 5.32 Å².